The maximum atomic E-state index is 5.38. The molecule has 0 saturated carbocycles. The van der Waals surface area contributed by atoms with Crippen molar-refractivity contribution in [3.8, 4) is 17.1 Å². The number of rotatable bonds is 5. The average molecular weight is 336 g/mol. The Morgan fingerprint density at radius 2 is 2.00 bits per heavy atom. The van der Waals surface area contributed by atoms with E-state index in [2.05, 4.69) is 38.1 Å². The molecule has 0 aliphatic heterocycles. The number of aromatic nitrogens is 2. The third kappa shape index (κ3) is 3.10. The van der Waals surface area contributed by atoms with Gasteiger partial charge in [0, 0.05) is 6.54 Å². The van der Waals surface area contributed by atoms with Crippen LogP contribution < -0.4 is 10.1 Å². The molecule has 4 nitrogen and oxygen atoms in total. The van der Waals surface area contributed by atoms with Gasteiger partial charge in [-0.3, -0.25) is 0 Å². The zero-order chi connectivity index (χ0) is 14.5. The summed E-state index contributed by atoms with van der Waals surface area (Å²) in [7, 11) is 1.65. The van der Waals surface area contributed by atoms with E-state index in [-0.39, 0.29) is 0 Å². The number of para-hydroxylation sites is 1. The van der Waals surface area contributed by atoms with Crippen molar-refractivity contribution in [2.75, 3.05) is 19.0 Å². The molecular formula is C15H18BrN3O. The van der Waals surface area contributed by atoms with E-state index in [0.717, 1.165) is 40.3 Å². The summed E-state index contributed by atoms with van der Waals surface area (Å²) in [5, 5.41) is 3.31. The second-order valence-electron chi connectivity index (χ2n) is 4.42. The summed E-state index contributed by atoms with van der Waals surface area (Å²) in [6.45, 7) is 4.96. The molecule has 0 aliphatic carbocycles. The lowest BCUT2D eigenvalue weighted by molar-refractivity contribution is 0.416. The van der Waals surface area contributed by atoms with Crippen LogP contribution in [0.2, 0.25) is 0 Å². The topological polar surface area (TPSA) is 47.0 Å². The van der Waals surface area contributed by atoms with Crippen molar-refractivity contribution >= 4 is 21.7 Å². The van der Waals surface area contributed by atoms with E-state index in [1.807, 2.05) is 31.2 Å². The SMILES string of the molecule is CCCNc1nc(-c2ccccc2OC)nc(C)c1Br. The number of aryl methyl sites for hydroxylation is 1. The molecule has 5 heteroatoms. The van der Waals surface area contributed by atoms with Gasteiger partial charge in [-0.25, -0.2) is 9.97 Å². The molecule has 0 aliphatic rings. The third-order valence-corrected chi connectivity index (χ3v) is 3.86. The molecule has 1 aromatic heterocycles. The smallest absolute Gasteiger partial charge is 0.165 e. The van der Waals surface area contributed by atoms with Gasteiger partial charge in [-0.2, -0.15) is 0 Å². The summed E-state index contributed by atoms with van der Waals surface area (Å²) in [5.41, 5.74) is 1.80. The van der Waals surface area contributed by atoms with Gasteiger partial charge in [-0.05, 0) is 41.4 Å². The van der Waals surface area contributed by atoms with Crippen LogP contribution in [0, 0.1) is 6.92 Å². The van der Waals surface area contributed by atoms with Crippen molar-refractivity contribution in [2.24, 2.45) is 0 Å². The zero-order valence-corrected chi connectivity index (χ0v) is 13.5. The highest BCUT2D eigenvalue weighted by atomic mass is 79.9. The Bertz CT molecular complexity index is 602. The van der Waals surface area contributed by atoms with Crippen LogP contribution in [0.25, 0.3) is 11.4 Å². The predicted octanol–water partition coefficient (Wildman–Crippen LogP) is 4.05. The summed E-state index contributed by atoms with van der Waals surface area (Å²) < 4.78 is 6.29. The molecule has 0 saturated heterocycles. The quantitative estimate of drug-likeness (QED) is 0.895. The van der Waals surface area contributed by atoms with E-state index >= 15 is 0 Å². The molecule has 0 bridgehead atoms. The molecule has 0 spiro atoms. The standard InChI is InChI=1S/C15H18BrN3O/c1-4-9-17-15-13(16)10(2)18-14(19-15)11-7-5-6-8-12(11)20-3/h5-8H,4,9H2,1-3H3,(H,17,18,19). The van der Waals surface area contributed by atoms with Gasteiger partial charge < -0.3 is 10.1 Å². The number of nitrogens with zero attached hydrogens (tertiary/aromatic N) is 2. The van der Waals surface area contributed by atoms with Gasteiger partial charge in [0.15, 0.2) is 5.82 Å². The van der Waals surface area contributed by atoms with Gasteiger partial charge in [0.2, 0.25) is 0 Å². The second-order valence-corrected chi connectivity index (χ2v) is 5.22. The van der Waals surface area contributed by atoms with Gasteiger partial charge >= 0.3 is 0 Å². The lowest BCUT2D eigenvalue weighted by atomic mass is 10.2. The summed E-state index contributed by atoms with van der Waals surface area (Å²) in [4.78, 5) is 9.14. The fourth-order valence-electron chi connectivity index (χ4n) is 1.87. The molecule has 2 aromatic rings. The number of anilines is 1. The molecule has 0 fully saturated rings. The monoisotopic (exact) mass is 335 g/mol. The van der Waals surface area contributed by atoms with E-state index in [4.69, 9.17) is 4.74 Å². The Kier molecular flexibility index (Phi) is 4.95. The van der Waals surface area contributed by atoms with Crippen molar-refractivity contribution in [3.63, 3.8) is 0 Å². The zero-order valence-electron chi connectivity index (χ0n) is 11.9. The Labute approximate surface area is 127 Å². The number of hydrogen-bond acceptors (Lipinski definition) is 4. The maximum absolute atomic E-state index is 5.38. The Balaban J connectivity index is 2.49. The molecule has 1 N–H and O–H groups in total. The van der Waals surface area contributed by atoms with Crippen LogP contribution in [0.3, 0.4) is 0 Å². The molecule has 1 aromatic carbocycles. The van der Waals surface area contributed by atoms with Gasteiger partial charge in [0.05, 0.1) is 22.8 Å². The van der Waals surface area contributed by atoms with Crippen LogP contribution in [-0.2, 0) is 0 Å². The van der Waals surface area contributed by atoms with Crippen LogP contribution in [-0.4, -0.2) is 23.6 Å². The highest BCUT2D eigenvalue weighted by molar-refractivity contribution is 9.10. The molecule has 1 heterocycles. The van der Waals surface area contributed by atoms with E-state index in [9.17, 15) is 0 Å². The number of methoxy groups -OCH3 is 1. The molecule has 0 atom stereocenters. The Morgan fingerprint density at radius 3 is 2.70 bits per heavy atom. The average Bonchev–Trinajstić information content (AvgIpc) is 2.48. The summed E-state index contributed by atoms with van der Waals surface area (Å²) in [6, 6.07) is 7.77. The first-order chi connectivity index (χ1) is 9.67. The highest BCUT2D eigenvalue weighted by Gasteiger charge is 2.13. The van der Waals surface area contributed by atoms with E-state index in [0.29, 0.717) is 5.82 Å². The fraction of sp³-hybridized carbons (Fsp3) is 0.333. The molecular weight excluding hydrogens is 318 g/mol. The van der Waals surface area contributed by atoms with Crippen LogP contribution in [0.1, 0.15) is 19.0 Å². The van der Waals surface area contributed by atoms with Crippen molar-refractivity contribution in [3.05, 3.63) is 34.4 Å². The first-order valence-electron chi connectivity index (χ1n) is 6.58. The number of hydrogen-bond donors (Lipinski definition) is 1. The normalized spacial score (nSPS) is 10.4. The van der Waals surface area contributed by atoms with Crippen LogP contribution >= 0.6 is 15.9 Å². The fourth-order valence-corrected chi connectivity index (χ4v) is 2.19. The van der Waals surface area contributed by atoms with Gasteiger partial charge in [0.1, 0.15) is 11.6 Å². The maximum Gasteiger partial charge on any atom is 0.165 e. The van der Waals surface area contributed by atoms with Crippen LogP contribution in [0.5, 0.6) is 5.75 Å². The van der Waals surface area contributed by atoms with Crippen LogP contribution in [0.15, 0.2) is 28.7 Å². The third-order valence-electron chi connectivity index (χ3n) is 2.91. The number of nitrogens with one attached hydrogen (secondary N) is 1. The minimum atomic E-state index is 0.668. The molecule has 0 unspecified atom stereocenters. The number of ether oxygens (including phenoxy) is 1. The molecule has 2 rings (SSSR count). The van der Waals surface area contributed by atoms with Crippen molar-refractivity contribution < 1.29 is 4.74 Å². The van der Waals surface area contributed by atoms with Gasteiger partial charge in [0.25, 0.3) is 0 Å². The molecule has 0 amide bonds. The number of halogens is 1. The molecule has 20 heavy (non-hydrogen) atoms. The van der Waals surface area contributed by atoms with Gasteiger partial charge in [-0.1, -0.05) is 19.1 Å². The highest BCUT2D eigenvalue weighted by Crippen LogP contribution is 2.31. The lowest BCUT2D eigenvalue weighted by Crippen LogP contribution is -2.06. The Morgan fingerprint density at radius 1 is 1.25 bits per heavy atom. The number of benzene rings is 1. The van der Waals surface area contributed by atoms with Crippen molar-refractivity contribution in [2.45, 2.75) is 20.3 Å². The minimum absolute atomic E-state index is 0.668. The van der Waals surface area contributed by atoms with E-state index < -0.39 is 0 Å². The van der Waals surface area contributed by atoms with Crippen LogP contribution in [0.4, 0.5) is 5.82 Å². The molecule has 0 radical (unpaired) electrons. The largest absolute Gasteiger partial charge is 0.496 e. The molecule has 106 valence electrons. The Hall–Kier alpha value is -1.62. The second kappa shape index (κ2) is 6.70. The van der Waals surface area contributed by atoms with Crippen molar-refractivity contribution in [1.29, 1.82) is 0 Å². The lowest BCUT2D eigenvalue weighted by Gasteiger charge is -2.12. The summed E-state index contributed by atoms with van der Waals surface area (Å²) in [5.74, 6) is 2.26. The van der Waals surface area contributed by atoms with E-state index in [1.54, 1.807) is 7.11 Å². The first kappa shape index (κ1) is 14.8. The summed E-state index contributed by atoms with van der Waals surface area (Å²) in [6.07, 6.45) is 1.04. The predicted molar refractivity (Wildman–Crippen MR) is 85.2 cm³/mol. The first-order valence-corrected chi connectivity index (χ1v) is 7.38. The minimum Gasteiger partial charge on any atom is -0.496 e. The van der Waals surface area contributed by atoms with Crippen molar-refractivity contribution in [1.82, 2.24) is 9.97 Å². The summed E-state index contributed by atoms with van der Waals surface area (Å²) >= 11 is 3.53. The van der Waals surface area contributed by atoms with Gasteiger partial charge in [-0.15, -0.1) is 0 Å². The van der Waals surface area contributed by atoms with E-state index in [1.165, 1.54) is 0 Å².